The molecule has 0 spiro atoms. The number of hydrogen-bond donors (Lipinski definition) is 1. The van der Waals surface area contributed by atoms with Gasteiger partial charge in [0.1, 0.15) is 21.6 Å². The van der Waals surface area contributed by atoms with Crippen molar-refractivity contribution in [2.75, 3.05) is 6.26 Å². The van der Waals surface area contributed by atoms with Crippen molar-refractivity contribution in [3.8, 4) is 0 Å². The van der Waals surface area contributed by atoms with E-state index in [1.807, 2.05) is 13.2 Å². The number of aryl methyl sites for hydroxylation is 2. The zero-order chi connectivity index (χ0) is 13.7. The van der Waals surface area contributed by atoms with Crippen molar-refractivity contribution in [2.45, 2.75) is 11.9 Å². The van der Waals surface area contributed by atoms with E-state index >= 15 is 0 Å². The Morgan fingerprint density at radius 2 is 2.21 bits per heavy atom. The molecule has 0 aliphatic heterocycles. The fourth-order valence-corrected chi connectivity index (χ4v) is 2.74. The first kappa shape index (κ1) is 12.0. The van der Waals surface area contributed by atoms with Crippen molar-refractivity contribution in [1.82, 2.24) is 24.4 Å². The predicted molar refractivity (Wildman–Crippen MR) is 70.7 cm³/mol. The Labute approximate surface area is 112 Å². The molecule has 3 aromatic heterocycles. The van der Waals surface area contributed by atoms with Crippen LogP contribution in [0, 0.1) is 6.92 Å². The predicted octanol–water partition coefficient (Wildman–Crippen LogP) is 1.34. The molecule has 0 radical (unpaired) electrons. The van der Waals surface area contributed by atoms with Crippen molar-refractivity contribution in [3.63, 3.8) is 0 Å². The minimum atomic E-state index is -1.01. The number of fused-ring (bicyclic) bond motifs is 3. The Morgan fingerprint density at radius 3 is 2.84 bits per heavy atom. The number of hydrogen-bond acceptors (Lipinski definition) is 5. The van der Waals surface area contributed by atoms with Crippen LogP contribution in [0.4, 0.5) is 0 Å². The number of aromatic carboxylic acids is 1. The highest BCUT2D eigenvalue weighted by atomic mass is 32.2. The molecule has 0 unspecified atom stereocenters. The summed E-state index contributed by atoms with van der Waals surface area (Å²) in [6.07, 6.45) is 3.21. The maximum Gasteiger partial charge on any atom is 0.339 e. The van der Waals surface area contributed by atoms with Crippen LogP contribution in [-0.4, -0.2) is 41.7 Å². The fraction of sp³-hybridized carbons (Fsp3) is 0.273. The molecule has 1 N–H and O–H groups in total. The minimum Gasteiger partial charge on any atom is -0.478 e. The summed E-state index contributed by atoms with van der Waals surface area (Å²) >= 11 is 1.39. The fourth-order valence-electron chi connectivity index (χ4n) is 2.17. The highest BCUT2D eigenvalue weighted by molar-refractivity contribution is 7.98. The van der Waals surface area contributed by atoms with Gasteiger partial charge >= 0.3 is 5.97 Å². The smallest absolute Gasteiger partial charge is 0.339 e. The molecule has 0 saturated carbocycles. The first-order chi connectivity index (χ1) is 9.04. The molecule has 3 aromatic rings. The number of rotatable bonds is 2. The number of nitrogens with zero attached hydrogens (tertiary/aromatic N) is 5. The second-order valence-electron chi connectivity index (χ2n) is 4.13. The molecule has 7 nitrogen and oxygen atoms in total. The molecular formula is C11H11N5O2S. The van der Waals surface area contributed by atoms with Crippen molar-refractivity contribution in [2.24, 2.45) is 7.05 Å². The monoisotopic (exact) mass is 277 g/mol. The largest absolute Gasteiger partial charge is 0.478 e. The van der Waals surface area contributed by atoms with Gasteiger partial charge in [0.05, 0.1) is 11.9 Å². The number of aromatic nitrogens is 5. The van der Waals surface area contributed by atoms with Crippen LogP contribution < -0.4 is 0 Å². The molecule has 0 amide bonds. The van der Waals surface area contributed by atoms with Crippen LogP contribution in [0.3, 0.4) is 0 Å². The number of thioether (sulfide) groups is 1. The minimum absolute atomic E-state index is 0.151. The molecule has 0 aliphatic rings. The second kappa shape index (κ2) is 3.95. The van der Waals surface area contributed by atoms with Crippen LogP contribution in [-0.2, 0) is 7.05 Å². The van der Waals surface area contributed by atoms with E-state index in [4.69, 9.17) is 0 Å². The Bertz CT molecular complexity index is 820. The highest BCUT2D eigenvalue weighted by Gasteiger charge is 2.21. The van der Waals surface area contributed by atoms with Gasteiger partial charge in [-0.1, -0.05) is 0 Å². The molecule has 98 valence electrons. The third-order valence-electron chi connectivity index (χ3n) is 2.97. The van der Waals surface area contributed by atoms with Gasteiger partial charge < -0.3 is 5.11 Å². The van der Waals surface area contributed by atoms with Crippen molar-refractivity contribution in [3.05, 3.63) is 17.5 Å². The Morgan fingerprint density at radius 1 is 1.47 bits per heavy atom. The van der Waals surface area contributed by atoms with Crippen LogP contribution in [0.15, 0.2) is 11.2 Å². The maximum absolute atomic E-state index is 11.3. The molecule has 0 saturated heterocycles. The number of carboxylic acid groups (broad SMARTS) is 1. The van der Waals surface area contributed by atoms with Gasteiger partial charge in [-0.25, -0.2) is 19.0 Å². The van der Waals surface area contributed by atoms with Crippen molar-refractivity contribution in [1.29, 1.82) is 0 Å². The Balaban J connectivity index is 2.58. The van der Waals surface area contributed by atoms with E-state index in [9.17, 15) is 9.90 Å². The van der Waals surface area contributed by atoms with E-state index in [0.717, 1.165) is 11.2 Å². The quantitative estimate of drug-likeness (QED) is 0.711. The average molecular weight is 277 g/mol. The van der Waals surface area contributed by atoms with Gasteiger partial charge in [0.15, 0.2) is 5.65 Å². The molecule has 0 bridgehead atoms. The van der Waals surface area contributed by atoms with Gasteiger partial charge in [-0.05, 0) is 13.2 Å². The zero-order valence-electron chi connectivity index (χ0n) is 10.6. The topological polar surface area (TPSA) is 85.3 Å². The lowest BCUT2D eigenvalue weighted by Gasteiger charge is -2.04. The molecule has 0 atom stereocenters. The van der Waals surface area contributed by atoms with Crippen LogP contribution in [0.1, 0.15) is 16.1 Å². The molecule has 3 heterocycles. The van der Waals surface area contributed by atoms with E-state index in [2.05, 4.69) is 15.2 Å². The third kappa shape index (κ3) is 1.53. The zero-order valence-corrected chi connectivity index (χ0v) is 11.4. The lowest BCUT2D eigenvalue weighted by molar-refractivity contribution is 0.0699. The first-order valence-electron chi connectivity index (χ1n) is 5.53. The van der Waals surface area contributed by atoms with Crippen molar-refractivity contribution < 1.29 is 9.90 Å². The average Bonchev–Trinajstić information content (AvgIpc) is 2.90. The highest BCUT2D eigenvalue weighted by Crippen LogP contribution is 2.27. The van der Waals surface area contributed by atoms with Gasteiger partial charge in [-0.2, -0.15) is 10.2 Å². The SMILES string of the molecule is CSc1nc2c(C)nn(C)c2n2ncc(C(=O)O)c12. The Hall–Kier alpha value is -2.09. The van der Waals surface area contributed by atoms with E-state index in [-0.39, 0.29) is 5.56 Å². The van der Waals surface area contributed by atoms with E-state index in [1.165, 1.54) is 18.0 Å². The van der Waals surface area contributed by atoms with Crippen molar-refractivity contribution >= 4 is 34.4 Å². The molecule has 3 rings (SSSR count). The summed E-state index contributed by atoms with van der Waals surface area (Å²) in [5.74, 6) is -1.01. The molecule has 0 fully saturated rings. The van der Waals surface area contributed by atoms with E-state index < -0.39 is 5.97 Å². The maximum atomic E-state index is 11.3. The summed E-state index contributed by atoms with van der Waals surface area (Å²) in [6.45, 7) is 1.87. The summed E-state index contributed by atoms with van der Waals surface area (Å²) in [4.78, 5) is 15.8. The van der Waals surface area contributed by atoms with Gasteiger partial charge in [0.2, 0.25) is 0 Å². The number of carbonyl (C=O) groups is 1. The first-order valence-corrected chi connectivity index (χ1v) is 6.75. The standard InChI is InChI=1S/C11H11N5O2S/c1-5-7-10(15(2)14-5)16-8(9(13-7)19-3)6(4-12-16)11(17)18/h4H,1-3H3,(H,17,18). The number of carboxylic acids is 1. The molecule has 0 aromatic carbocycles. The van der Waals surface area contributed by atoms with Crippen LogP contribution in [0.2, 0.25) is 0 Å². The normalized spacial score (nSPS) is 11.5. The van der Waals surface area contributed by atoms with Crippen LogP contribution >= 0.6 is 11.8 Å². The second-order valence-corrected chi connectivity index (χ2v) is 4.92. The molecule has 19 heavy (non-hydrogen) atoms. The molecular weight excluding hydrogens is 266 g/mol. The molecule has 8 heteroatoms. The summed E-state index contributed by atoms with van der Waals surface area (Å²) in [7, 11) is 1.79. The van der Waals surface area contributed by atoms with Gasteiger partial charge in [-0.15, -0.1) is 11.8 Å². The summed E-state index contributed by atoms with van der Waals surface area (Å²) in [5, 5.41) is 18.3. The summed E-state index contributed by atoms with van der Waals surface area (Å²) in [5.41, 5.74) is 2.88. The van der Waals surface area contributed by atoms with Crippen LogP contribution in [0.5, 0.6) is 0 Å². The molecule has 0 aliphatic carbocycles. The van der Waals surface area contributed by atoms with Gasteiger partial charge in [0.25, 0.3) is 0 Å². The third-order valence-corrected chi connectivity index (χ3v) is 3.64. The lowest BCUT2D eigenvalue weighted by Crippen LogP contribution is -2.02. The summed E-state index contributed by atoms with van der Waals surface area (Å²) in [6, 6.07) is 0. The lowest BCUT2D eigenvalue weighted by atomic mass is 10.3. The van der Waals surface area contributed by atoms with Gasteiger partial charge in [-0.3, -0.25) is 0 Å². The van der Waals surface area contributed by atoms with E-state index in [1.54, 1.807) is 16.2 Å². The van der Waals surface area contributed by atoms with Crippen LogP contribution in [0.25, 0.3) is 16.7 Å². The van der Waals surface area contributed by atoms with Gasteiger partial charge in [0, 0.05) is 7.05 Å². The van der Waals surface area contributed by atoms with E-state index in [0.29, 0.717) is 16.2 Å². The Kier molecular flexibility index (Phi) is 2.49. The summed E-state index contributed by atoms with van der Waals surface area (Å²) < 4.78 is 3.25.